The van der Waals surface area contributed by atoms with Crippen LogP contribution in [0, 0.1) is 5.82 Å². The van der Waals surface area contributed by atoms with E-state index in [9.17, 15) is 23.6 Å². The summed E-state index contributed by atoms with van der Waals surface area (Å²) in [6.45, 7) is 6.51. The summed E-state index contributed by atoms with van der Waals surface area (Å²) in [7, 11) is 1.19. The summed E-state index contributed by atoms with van der Waals surface area (Å²) in [5.41, 5.74) is 0.674. The van der Waals surface area contributed by atoms with Crippen LogP contribution in [0.5, 0.6) is 0 Å². The summed E-state index contributed by atoms with van der Waals surface area (Å²) in [5.74, 6) is -2.42. The molecule has 1 heterocycles. The molecule has 3 rings (SSSR count). The van der Waals surface area contributed by atoms with Gasteiger partial charge in [0.1, 0.15) is 23.5 Å². The molecule has 0 saturated heterocycles. The van der Waals surface area contributed by atoms with E-state index in [0.717, 1.165) is 0 Å². The topological polar surface area (TPSA) is 116 Å². The summed E-state index contributed by atoms with van der Waals surface area (Å²) in [6, 6.07) is 10.7. The number of amides is 2. The van der Waals surface area contributed by atoms with Crippen LogP contribution in [-0.4, -0.2) is 53.2 Å². The molecule has 0 unspecified atom stereocenters. The lowest BCUT2D eigenvalue weighted by Gasteiger charge is -2.22. The molecule has 0 fully saturated rings. The second-order valence-corrected chi connectivity index (χ2v) is 9.86. The van der Waals surface area contributed by atoms with Crippen molar-refractivity contribution in [3.8, 4) is 0 Å². The van der Waals surface area contributed by atoms with Crippen molar-refractivity contribution < 1.29 is 33.0 Å². The highest BCUT2D eigenvalue weighted by Gasteiger charge is 2.29. The zero-order valence-electron chi connectivity index (χ0n) is 22.0. The molecule has 10 heteroatoms. The Morgan fingerprint density at radius 3 is 2.18 bits per heavy atom. The van der Waals surface area contributed by atoms with Crippen LogP contribution in [0.25, 0.3) is 10.9 Å². The third-order valence-corrected chi connectivity index (χ3v) is 5.69. The van der Waals surface area contributed by atoms with E-state index in [-0.39, 0.29) is 18.4 Å². The monoisotopic (exact) mass is 525 g/mol. The van der Waals surface area contributed by atoms with Crippen LogP contribution in [0.1, 0.15) is 38.8 Å². The molecule has 0 aliphatic rings. The molecule has 2 atom stereocenters. The molecular weight excluding hydrogens is 493 g/mol. The van der Waals surface area contributed by atoms with Crippen molar-refractivity contribution >= 4 is 34.8 Å². The van der Waals surface area contributed by atoms with Gasteiger partial charge in [0.05, 0.1) is 12.6 Å². The fourth-order valence-corrected chi connectivity index (χ4v) is 4.04. The van der Waals surface area contributed by atoms with Crippen LogP contribution in [0.2, 0.25) is 0 Å². The second-order valence-electron chi connectivity index (χ2n) is 9.86. The van der Waals surface area contributed by atoms with Gasteiger partial charge in [0, 0.05) is 31.3 Å². The third-order valence-electron chi connectivity index (χ3n) is 5.69. The van der Waals surface area contributed by atoms with Gasteiger partial charge in [-0.05, 0) is 44.0 Å². The number of esters is 1. The number of hydrogen-bond acceptors (Lipinski definition) is 6. The lowest BCUT2D eigenvalue weighted by Crippen LogP contribution is -2.53. The maximum Gasteiger partial charge on any atom is 0.419 e. The van der Waals surface area contributed by atoms with E-state index in [1.807, 2.05) is 0 Å². The van der Waals surface area contributed by atoms with E-state index in [0.29, 0.717) is 16.5 Å². The summed E-state index contributed by atoms with van der Waals surface area (Å²) in [5, 5.41) is 5.83. The van der Waals surface area contributed by atoms with Gasteiger partial charge < -0.3 is 20.1 Å². The van der Waals surface area contributed by atoms with Crippen LogP contribution in [0.3, 0.4) is 0 Å². The lowest BCUT2D eigenvalue weighted by molar-refractivity contribution is -0.145. The van der Waals surface area contributed by atoms with Gasteiger partial charge >= 0.3 is 12.1 Å². The Morgan fingerprint density at radius 1 is 0.921 bits per heavy atom. The van der Waals surface area contributed by atoms with Gasteiger partial charge in [-0.1, -0.05) is 36.4 Å². The fraction of sp³-hybridized carbons (Fsp3) is 0.357. The Kier molecular flexibility index (Phi) is 8.88. The largest absolute Gasteiger partial charge is 0.467 e. The number of nitrogens with zero attached hydrogens (tertiary/aromatic N) is 1. The molecule has 2 N–H and O–H groups in total. The normalized spacial score (nSPS) is 12.9. The summed E-state index contributed by atoms with van der Waals surface area (Å²) in [6.07, 6.45) is 0.839. The number of benzene rings is 2. The Balaban J connectivity index is 1.90. The average molecular weight is 526 g/mol. The van der Waals surface area contributed by atoms with Crippen LogP contribution in [0.4, 0.5) is 9.18 Å². The fourth-order valence-electron chi connectivity index (χ4n) is 4.04. The number of halogens is 1. The highest BCUT2D eigenvalue weighted by molar-refractivity contribution is 5.94. The first-order valence-corrected chi connectivity index (χ1v) is 12.1. The average Bonchev–Trinajstić information content (AvgIpc) is 3.21. The van der Waals surface area contributed by atoms with E-state index in [2.05, 4.69) is 10.6 Å². The second kappa shape index (κ2) is 11.9. The molecule has 0 radical (unpaired) electrons. The first kappa shape index (κ1) is 28.4. The van der Waals surface area contributed by atoms with Crippen molar-refractivity contribution in [2.24, 2.45) is 0 Å². The number of nitrogens with one attached hydrogen (secondary N) is 2. The Bertz CT molecular complexity index is 1340. The Morgan fingerprint density at radius 2 is 1.55 bits per heavy atom. The molecular formula is C28H32FN3O6. The molecule has 0 spiro atoms. The minimum absolute atomic E-state index is 0.0127. The third kappa shape index (κ3) is 7.18. The smallest absolute Gasteiger partial charge is 0.419 e. The number of carbonyl (C=O) groups is 4. The molecule has 9 nitrogen and oxygen atoms in total. The maximum atomic E-state index is 14.2. The number of aromatic nitrogens is 1. The van der Waals surface area contributed by atoms with E-state index in [4.69, 9.17) is 9.47 Å². The van der Waals surface area contributed by atoms with Crippen LogP contribution in [-0.2, 0) is 36.7 Å². The predicted octanol–water partition coefficient (Wildman–Crippen LogP) is 3.51. The molecule has 0 saturated carbocycles. The van der Waals surface area contributed by atoms with Crippen LogP contribution < -0.4 is 10.6 Å². The number of ether oxygens (including phenoxy) is 2. The first-order chi connectivity index (χ1) is 17.9. The first-order valence-electron chi connectivity index (χ1n) is 12.1. The molecule has 2 amide bonds. The minimum Gasteiger partial charge on any atom is -0.467 e. The van der Waals surface area contributed by atoms with Gasteiger partial charge in [-0.3, -0.25) is 14.2 Å². The van der Waals surface area contributed by atoms with E-state index >= 15 is 0 Å². The number of methoxy groups -OCH3 is 1. The Hall–Kier alpha value is -4.21. The van der Waals surface area contributed by atoms with Crippen molar-refractivity contribution in [1.29, 1.82) is 0 Å². The highest BCUT2D eigenvalue weighted by Crippen LogP contribution is 2.24. The summed E-state index contributed by atoms with van der Waals surface area (Å²) < 4.78 is 26.0. The van der Waals surface area contributed by atoms with Crippen molar-refractivity contribution in [3.63, 3.8) is 0 Å². The Labute approximate surface area is 220 Å². The van der Waals surface area contributed by atoms with Crippen molar-refractivity contribution in [3.05, 3.63) is 71.7 Å². The molecule has 0 aliphatic carbocycles. The van der Waals surface area contributed by atoms with Gasteiger partial charge in [-0.25, -0.2) is 14.0 Å². The number of hydrogen-bond donors (Lipinski definition) is 2. The number of carbonyl (C=O) groups excluding carboxylic acids is 4. The molecule has 1 aromatic heterocycles. The molecule has 0 aliphatic heterocycles. The predicted molar refractivity (Wildman–Crippen MR) is 139 cm³/mol. The zero-order valence-corrected chi connectivity index (χ0v) is 22.0. The molecule has 3 aromatic rings. The number of rotatable bonds is 8. The minimum atomic E-state index is -1.15. The SMILES string of the molecule is COC(=O)[C@H](Cc1cn(C(=O)OC(C)(C)C)c2ccccc12)NC(=O)[C@@H](Cc1ccccc1F)NC(C)=O. The standard InChI is InChI=1S/C28H32FN3O6/c1-17(33)30-22(14-18-10-6-8-12-21(18)29)25(34)31-23(26(35)37-5)15-19-16-32(27(36)38-28(2,3)4)24-13-9-7-11-20(19)24/h6-13,16,22-23H,14-15H2,1-5H3,(H,30,33)(H,31,34)/t22-,23+/m1/s1. The lowest BCUT2D eigenvalue weighted by atomic mass is 10.0. The van der Waals surface area contributed by atoms with E-state index in [1.165, 1.54) is 36.8 Å². The van der Waals surface area contributed by atoms with Crippen molar-refractivity contribution in [1.82, 2.24) is 15.2 Å². The quantitative estimate of drug-likeness (QED) is 0.435. The maximum absolute atomic E-state index is 14.2. The molecule has 0 bridgehead atoms. The van der Waals surface area contributed by atoms with Crippen LogP contribution in [0.15, 0.2) is 54.7 Å². The van der Waals surface area contributed by atoms with Gasteiger partial charge in [0.2, 0.25) is 11.8 Å². The zero-order chi connectivity index (χ0) is 28.0. The van der Waals surface area contributed by atoms with E-state index in [1.54, 1.807) is 57.3 Å². The van der Waals surface area contributed by atoms with Crippen LogP contribution >= 0.6 is 0 Å². The molecule has 202 valence electrons. The number of para-hydroxylation sites is 1. The van der Waals surface area contributed by atoms with Gasteiger partial charge in [-0.2, -0.15) is 0 Å². The van der Waals surface area contributed by atoms with E-state index < -0.39 is 47.4 Å². The molecule has 38 heavy (non-hydrogen) atoms. The number of fused-ring (bicyclic) bond motifs is 1. The highest BCUT2D eigenvalue weighted by atomic mass is 19.1. The summed E-state index contributed by atoms with van der Waals surface area (Å²) in [4.78, 5) is 50.5. The molecule has 2 aromatic carbocycles. The van der Waals surface area contributed by atoms with Gasteiger partial charge in [0.25, 0.3) is 0 Å². The summed E-state index contributed by atoms with van der Waals surface area (Å²) >= 11 is 0. The van der Waals surface area contributed by atoms with Gasteiger partial charge in [0.15, 0.2) is 0 Å². The van der Waals surface area contributed by atoms with Gasteiger partial charge in [-0.15, -0.1) is 0 Å². The van der Waals surface area contributed by atoms with Crippen molar-refractivity contribution in [2.45, 2.75) is 58.2 Å². The van der Waals surface area contributed by atoms with Crippen molar-refractivity contribution in [2.75, 3.05) is 7.11 Å².